The molecule has 4 aromatic rings. The summed E-state index contributed by atoms with van der Waals surface area (Å²) in [7, 11) is 0. The van der Waals surface area contributed by atoms with E-state index in [9.17, 15) is 22.4 Å². The molecule has 0 saturated carbocycles. The Labute approximate surface area is 182 Å². The molecule has 0 spiro atoms. The lowest BCUT2D eigenvalue weighted by molar-refractivity contribution is -0.136. The fourth-order valence-electron chi connectivity index (χ4n) is 3.34. The summed E-state index contributed by atoms with van der Waals surface area (Å²) in [6.45, 7) is 0. The Balaban J connectivity index is 1.77. The van der Waals surface area contributed by atoms with Crippen LogP contribution in [0.4, 0.5) is 23.5 Å². The molecule has 0 aliphatic carbocycles. The Morgan fingerprint density at radius 2 is 1.85 bits per heavy atom. The number of rotatable bonds is 3. The van der Waals surface area contributed by atoms with Gasteiger partial charge >= 0.3 is 6.18 Å². The number of aromatic nitrogens is 4. The predicted octanol–water partition coefficient (Wildman–Crippen LogP) is 3.55. The van der Waals surface area contributed by atoms with E-state index in [2.05, 4.69) is 31.0 Å². The van der Waals surface area contributed by atoms with Crippen molar-refractivity contribution in [1.29, 1.82) is 0 Å². The third-order valence-corrected chi connectivity index (χ3v) is 4.80. The van der Waals surface area contributed by atoms with Gasteiger partial charge in [-0.3, -0.25) is 4.79 Å². The zero-order chi connectivity index (χ0) is 23.2. The van der Waals surface area contributed by atoms with Crippen molar-refractivity contribution in [2.75, 3.05) is 5.32 Å². The highest BCUT2D eigenvalue weighted by Crippen LogP contribution is 2.36. The number of carbonyl (C=O) groups is 1. The molecule has 0 saturated heterocycles. The topological polar surface area (TPSA) is 96.2 Å². The SMILES string of the molecule is O=C1NC=CNC=C1Nc1nc2c(C(F)(F)F)cccc2c2nc(-c3cccc(F)c3)nn12. The molecule has 3 N–H and O–H groups in total. The van der Waals surface area contributed by atoms with E-state index < -0.39 is 23.5 Å². The van der Waals surface area contributed by atoms with Crippen LogP contribution in [0.2, 0.25) is 0 Å². The molecule has 2 aromatic carbocycles. The monoisotopic (exact) mass is 455 g/mol. The summed E-state index contributed by atoms with van der Waals surface area (Å²) in [5.74, 6) is -1.19. The number of halogens is 4. The molecule has 0 unspecified atom stereocenters. The van der Waals surface area contributed by atoms with Crippen LogP contribution in [-0.2, 0) is 11.0 Å². The summed E-state index contributed by atoms with van der Waals surface area (Å²) >= 11 is 0. The van der Waals surface area contributed by atoms with Crippen molar-refractivity contribution in [2.45, 2.75) is 6.18 Å². The Hall–Kier alpha value is -4.48. The first-order valence-electron chi connectivity index (χ1n) is 9.53. The van der Waals surface area contributed by atoms with Crippen molar-refractivity contribution in [3.63, 3.8) is 0 Å². The molecule has 0 fully saturated rings. The number of para-hydroxylation sites is 1. The molecule has 1 aliphatic heterocycles. The van der Waals surface area contributed by atoms with Gasteiger partial charge in [-0.2, -0.15) is 17.7 Å². The standard InChI is InChI=1S/C21H13F4N7O/c22-12-4-1-3-11(9-12)17-30-18-13-5-2-6-14(21(23,24)25)16(13)29-20(32(18)31-17)28-15-10-26-7-8-27-19(15)33/h1-10,26H,(H,27,33)(H,28,29). The zero-order valence-corrected chi connectivity index (χ0v) is 16.5. The van der Waals surface area contributed by atoms with E-state index in [4.69, 9.17) is 0 Å². The van der Waals surface area contributed by atoms with Crippen molar-refractivity contribution < 1.29 is 22.4 Å². The van der Waals surface area contributed by atoms with Gasteiger partial charge in [0.15, 0.2) is 11.5 Å². The molecule has 0 atom stereocenters. The van der Waals surface area contributed by atoms with Crippen molar-refractivity contribution >= 4 is 28.4 Å². The van der Waals surface area contributed by atoms with E-state index in [1.807, 2.05) is 0 Å². The number of benzene rings is 2. The van der Waals surface area contributed by atoms with Crippen LogP contribution in [0.3, 0.4) is 0 Å². The van der Waals surface area contributed by atoms with Crippen molar-refractivity contribution in [2.24, 2.45) is 0 Å². The highest BCUT2D eigenvalue weighted by Gasteiger charge is 2.34. The molecule has 5 rings (SSSR count). The molecular formula is C21H13F4N7O. The van der Waals surface area contributed by atoms with Crippen LogP contribution in [0.15, 0.2) is 66.8 Å². The van der Waals surface area contributed by atoms with Crippen molar-refractivity contribution in [3.8, 4) is 11.4 Å². The number of nitrogens with one attached hydrogen (secondary N) is 3. The maximum atomic E-state index is 13.7. The largest absolute Gasteiger partial charge is 0.418 e. The first-order chi connectivity index (χ1) is 15.8. The molecule has 0 bridgehead atoms. The highest BCUT2D eigenvalue weighted by atomic mass is 19.4. The van der Waals surface area contributed by atoms with Gasteiger partial charge in [0.1, 0.15) is 11.5 Å². The lowest BCUT2D eigenvalue weighted by Gasteiger charge is -2.13. The second-order valence-electron chi connectivity index (χ2n) is 6.97. The second-order valence-corrected chi connectivity index (χ2v) is 6.97. The van der Waals surface area contributed by atoms with Crippen LogP contribution in [0.5, 0.6) is 0 Å². The molecular weight excluding hydrogens is 442 g/mol. The van der Waals surface area contributed by atoms with Crippen molar-refractivity contribution in [1.82, 2.24) is 30.2 Å². The summed E-state index contributed by atoms with van der Waals surface area (Å²) in [5.41, 5.74) is -1.00. The van der Waals surface area contributed by atoms with E-state index in [-0.39, 0.29) is 34.0 Å². The number of alkyl halides is 3. The summed E-state index contributed by atoms with van der Waals surface area (Å²) < 4.78 is 56.0. The number of hydrogen-bond acceptors (Lipinski definition) is 6. The van der Waals surface area contributed by atoms with Crippen molar-refractivity contribution in [3.05, 3.63) is 78.1 Å². The van der Waals surface area contributed by atoms with Crippen LogP contribution >= 0.6 is 0 Å². The molecule has 2 aromatic heterocycles. The van der Waals surface area contributed by atoms with Crippen LogP contribution in [0.1, 0.15) is 5.56 Å². The van der Waals surface area contributed by atoms with Gasteiger partial charge in [-0.05, 0) is 24.3 Å². The molecule has 1 aliphatic rings. The average molecular weight is 455 g/mol. The van der Waals surface area contributed by atoms with Gasteiger partial charge in [0.25, 0.3) is 5.91 Å². The van der Waals surface area contributed by atoms with Crippen LogP contribution in [0, 0.1) is 5.82 Å². The predicted molar refractivity (Wildman–Crippen MR) is 111 cm³/mol. The van der Waals surface area contributed by atoms with E-state index in [0.717, 1.165) is 6.07 Å². The number of anilines is 1. The number of carbonyl (C=O) groups excluding carboxylic acids is 1. The minimum Gasteiger partial charge on any atom is -0.364 e. The molecule has 166 valence electrons. The van der Waals surface area contributed by atoms with Crippen LogP contribution in [0.25, 0.3) is 27.9 Å². The quantitative estimate of drug-likeness (QED) is 0.409. The number of nitrogens with zero attached hydrogens (tertiary/aromatic N) is 4. The number of amides is 1. The Morgan fingerprint density at radius 1 is 1.03 bits per heavy atom. The van der Waals surface area contributed by atoms with Gasteiger partial charge in [0.2, 0.25) is 5.95 Å². The van der Waals surface area contributed by atoms with Gasteiger partial charge in [-0.25, -0.2) is 14.4 Å². The highest BCUT2D eigenvalue weighted by molar-refractivity contribution is 5.98. The molecule has 0 radical (unpaired) electrons. The van der Waals surface area contributed by atoms with E-state index in [0.29, 0.717) is 5.56 Å². The molecule has 3 heterocycles. The van der Waals surface area contributed by atoms with Gasteiger partial charge in [0.05, 0.1) is 11.1 Å². The lowest BCUT2D eigenvalue weighted by atomic mass is 10.1. The second kappa shape index (κ2) is 7.58. The third-order valence-electron chi connectivity index (χ3n) is 4.80. The van der Waals surface area contributed by atoms with Crippen LogP contribution in [-0.4, -0.2) is 25.5 Å². The summed E-state index contributed by atoms with van der Waals surface area (Å²) in [4.78, 5) is 20.8. The molecule has 1 amide bonds. The first kappa shape index (κ1) is 20.4. The molecule has 33 heavy (non-hydrogen) atoms. The fourth-order valence-corrected chi connectivity index (χ4v) is 3.34. The number of fused-ring (bicyclic) bond motifs is 3. The Bertz CT molecular complexity index is 1470. The summed E-state index contributed by atoms with van der Waals surface area (Å²) in [6.07, 6.45) is -0.555. The Kier molecular flexibility index (Phi) is 4.69. The van der Waals surface area contributed by atoms with E-state index >= 15 is 0 Å². The summed E-state index contributed by atoms with van der Waals surface area (Å²) in [5, 5.41) is 12.3. The van der Waals surface area contributed by atoms with E-state index in [1.165, 1.54) is 53.4 Å². The van der Waals surface area contributed by atoms with E-state index in [1.54, 1.807) is 6.07 Å². The maximum Gasteiger partial charge on any atom is 0.418 e. The Morgan fingerprint density at radius 3 is 2.64 bits per heavy atom. The fraction of sp³-hybridized carbons (Fsp3) is 0.0476. The molecule has 12 heteroatoms. The summed E-state index contributed by atoms with van der Waals surface area (Å²) in [6, 6.07) is 9.07. The third kappa shape index (κ3) is 3.71. The normalized spacial score (nSPS) is 14.1. The van der Waals surface area contributed by atoms with Gasteiger partial charge in [0, 0.05) is 29.5 Å². The maximum absolute atomic E-state index is 13.7. The van der Waals surface area contributed by atoms with Gasteiger partial charge in [-0.1, -0.05) is 18.2 Å². The average Bonchev–Trinajstić information content (AvgIpc) is 3.13. The first-order valence-corrected chi connectivity index (χ1v) is 9.53. The smallest absolute Gasteiger partial charge is 0.364 e. The zero-order valence-electron chi connectivity index (χ0n) is 16.5. The van der Waals surface area contributed by atoms with Gasteiger partial charge in [-0.15, -0.1) is 5.10 Å². The number of hydrogen-bond donors (Lipinski definition) is 3. The van der Waals surface area contributed by atoms with Crippen LogP contribution < -0.4 is 16.0 Å². The minimum atomic E-state index is -4.68. The van der Waals surface area contributed by atoms with Gasteiger partial charge < -0.3 is 16.0 Å². The molecule has 8 nitrogen and oxygen atoms in total. The lowest BCUT2D eigenvalue weighted by Crippen LogP contribution is -2.24. The minimum absolute atomic E-state index is 0.0274.